The average molecular weight is 552 g/mol. The number of nitro benzene ring substituents is 1. The van der Waals surface area contributed by atoms with E-state index in [-0.39, 0.29) is 29.4 Å². The number of carbonyl (C=O) groups is 3. The second-order valence-electron chi connectivity index (χ2n) is 7.53. The topological polar surface area (TPSA) is 128 Å². The molecule has 4 amide bonds. The molecule has 36 heavy (non-hydrogen) atoms. The zero-order chi connectivity index (χ0) is 25.8. The Kier molecular flexibility index (Phi) is 7.11. The van der Waals surface area contributed by atoms with E-state index < -0.39 is 34.0 Å². The second kappa shape index (κ2) is 10.4. The molecule has 10 nitrogen and oxygen atoms in total. The molecule has 4 rings (SSSR count). The summed E-state index contributed by atoms with van der Waals surface area (Å²) >= 11 is 3.28. The number of urea groups is 1. The summed E-state index contributed by atoms with van der Waals surface area (Å²) in [6.07, 6.45) is 1.05. The first kappa shape index (κ1) is 24.6. The highest BCUT2D eigenvalue weighted by Crippen LogP contribution is 2.37. The van der Waals surface area contributed by atoms with E-state index in [4.69, 9.17) is 9.47 Å². The van der Waals surface area contributed by atoms with Gasteiger partial charge in [0.25, 0.3) is 17.5 Å². The van der Waals surface area contributed by atoms with Crippen molar-refractivity contribution in [2.75, 3.05) is 12.0 Å². The molecule has 3 aromatic rings. The number of amides is 4. The molecule has 1 N–H and O–H groups in total. The van der Waals surface area contributed by atoms with Crippen molar-refractivity contribution in [3.8, 4) is 11.5 Å². The lowest BCUT2D eigenvalue weighted by molar-refractivity contribution is -0.385. The van der Waals surface area contributed by atoms with Crippen molar-refractivity contribution in [2.24, 2.45) is 0 Å². The van der Waals surface area contributed by atoms with Crippen LogP contribution in [0.5, 0.6) is 11.5 Å². The van der Waals surface area contributed by atoms with Gasteiger partial charge in [0.1, 0.15) is 12.2 Å². The number of nitro groups is 1. The summed E-state index contributed by atoms with van der Waals surface area (Å²) in [7, 11) is 1.36. The number of benzene rings is 3. The summed E-state index contributed by atoms with van der Waals surface area (Å²) in [5.41, 5.74) is 0.110. The summed E-state index contributed by atoms with van der Waals surface area (Å²) in [4.78, 5) is 50.0. The summed E-state index contributed by atoms with van der Waals surface area (Å²) in [6.45, 7) is 0.139. The van der Waals surface area contributed by atoms with Crippen LogP contribution >= 0.6 is 15.9 Å². The highest BCUT2D eigenvalue weighted by Gasteiger charge is 2.37. The normalized spacial score (nSPS) is 14.6. The molecule has 1 heterocycles. The van der Waals surface area contributed by atoms with E-state index in [9.17, 15) is 24.5 Å². The number of imide groups is 2. The van der Waals surface area contributed by atoms with Crippen LogP contribution in [-0.2, 0) is 16.2 Å². The summed E-state index contributed by atoms with van der Waals surface area (Å²) in [6, 6.07) is 17.0. The Morgan fingerprint density at radius 3 is 2.36 bits per heavy atom. The van der Waals surface area contributed by atoms with Gasteiger partial charge in [-0.2, -0.15) is 0 Å². The van der Waals surface area contributed by atoms with Crippen LogP contribution < -0.4 is 19.7 Å². The quantitative estimate of drug-likeness (QED) is 0.196. The van der Waals surface area contributed by atoms with Gasteiger partial charge < -0.3 is 9.47 Å². The van der Waals surface area contributed by atoms with E-state index in [0.29, 0.717) is 0 Å². The molecule has 0 spiro atoms. The number of carbonyl (C=O) groups excluding carboxylic acids is 3. The minimum atomic E-state index is -0.976. The number of nitrogens with zero attached hydrogens (tertiary/aromatic N) is 2. The molecule has 11 heteroatoms. The minimum absolute atomic E-state index is 0.0764. The first-order valence-electron chi connectivity index (χ1n) is 10.5. The fourth-order valence-corrected chi connectivity index (χ4v) is 3.75. The van der Waals surface area contributed by atoms with E-state index in [1.54, 1.807) is 12.1 Å². The molecular formula is C25H18BrN3O7. The Labute approximate surface area is 213 Å². The average Bonchev–Trinajstić information content (AvgIpc) is 2.86. The third-order valence-electron chi connectivity index (χ3n) is 5.23. The fourth-order valence-electron chi connectivity index (χ4n) is 3.48. The van der Waals surface area contributed by atoms with Crippen LogP contribution in [0, 0.1) is 10.1 Å². The van der Waals surface area contributed by atoms with E-state index in [1.807, 2.05) is 30.3 Å². The van der Waals surface area contributed by atoms with Gasteiger partial charge in [0, 0.05) is 4.47 Å². The molecule has 0 aliphatic carbocycles. The maximum Gasteiger partial charge on any atom is 0.335 e. The second-order valence-corrected chi connectivity index (χ2v) is 8.44. The van der Waals surface area contributed by atoms with Gasteiger partial charge >= 0.3 is 6.03 Å². The van der Waals surface area contributed by atoms with Crippen LogP contribution in [0.3, 0.4) is 0 Å². The summed E-state index contributed by atoms with van der Waals surface area (Å²) < 4.78 is 11.8. The van der Waals surface area contributed by atoms with E-state index in [0.717, 1.165) is 27.1 Å². The molecule has 1 aliphatic heterocycles. The highest BCUT2D eigenvalue weighted by atomic mass is 79.9. The number of nitrogens with one attached hydrogen (secondary N) is 1. The third kappa shape index (κ3) is 5.10. The number of hydrogen-bond acceptors (Lipinski definition) is 7. The first-order chi connectivity index (χ1) is 17.3. The van der Waals surface area contributed by atoms with Crippen molar-refractivity contribution in [1.29, 1.82) is 0 Å². The SMILES string of the molecule is COc1cc(/C=C2/C(=O)NC(=O)N(c3ccc(Br)cc3)C2=O)c([N+](=O)[O-])cc1OCc1ccccc1. The number of rotatable bonds is 7. The van der Waals surface area contributed by atoms with Crippen molar-refractivity contribution in [2.45, 2.75) is 6.61 Å². The maximum absolute atomic E-state index is 13.1. The first-order valence-corrected chi connectivity index (χ1v) is 11.3. The monoisotopic (exact) mass is 551 g/mol. The molecule has 0 bridgehead atoms. The molecule has 0 radical (unpaired) electrons. The van der Waals surface area contributed by atoms with Gasteiger partial charge in [-0.15, -0.1) is 0 Å². The Hall–Kier alpha value is -4.51. The fraction of sp³-hybridized carbons (Fsp3) is 0.0800. The van der Waals surface area contributed by atoms with Gasteiger partial charge in [-0.25, -0.2) is 9.69 Å². The van der Waals surface area contributed by atoms with Crippen molar-refractivity contribution >= 4 is 51.2 Å². The molecule has 0 saturated carbocycles. The van der Waals surface area contributed by atoms with Crippen LogP contribution in [0.1, 0.15) is 11.1 Å². The molecule has 1 saturated heterocycles. The molecule has 0 aromatic heterocycles. The van der Waals surface area contributed by atoms with E-state index >= 15 is 0 Å². The number of barbiturate groups is 1. The van der Waals surface area contributed by atoms with Crippen molar-refractivity contribution in [1.82, 2.24) is 5.32 Å². The largest absolute Gasteiger partial charge is 0.493 e. The Balaban J connectivity index is 1.72. The van der Waals surface area contributed by atoms with Crippen molar-refractivity contribution < 1.29 is 28.8 Å². The number of hydrogen-bond donors (Lipinski definition) is 1. The van der Waals surface area contributed by atoms with Gasteiger partial charge in [0.15, 0.2) is 11.5 Å². The molecule has 3 aromatic carbocycles. The van der Waals surface area contributed by atoms with Crippen molar-refractivity contribution in [3.05, 3.63) is 98.0 Å². The minimum Gasteiger partial charge on any atom is -0.493 e. The lowest BCUT2D eigenvalue weighted by Gasteiger charge is -2.26. The van der Waals surface area contributed by atoms with E-state index in [1.165, 1.54) is 25.3 Å². The summed E-state index contributed by atoms with van der Waals surface area (Å²) in [5, 5.41) is 13.9. The van der Waals surface area contributed by atoms with Gasteiger partial charge in [0.2, 0.25) is 0 Å². The van der Waals surface area contributed by atoms with Crippen LogP contribution in [0.25, 0.3) is 6.08 Å². The van der Waals surface area contributed by atoms with Crippen LogP contribution in [0.15, 0.2) is 76.8 Å². The van der Waals surface area contributed by atoms with Gasteiger partial charge in [-0.3, -0.25) is 25.0 Å². The number of anilines is 1. The van der Waals surface area contributed by atoms with Crippen LogP contribution in [-0.4, -0.2) is 29.9 Å². The lowest BCUT2D eigenvalue weighted by Crippen LogP contribution is -2.54. The lowest BCUT2D eigenvalue weighted by atomic mass is 10.0. The molecule has 1 aliphatic rings. The molecular weight excluding hydrogens is 534 g/mol. The van der Waals surface area contributed by atoms with Crippen molar-refractivity contribution in [3.63, 3.8) is 0 Å². The molecule has 0 atom stereocenters. The molecule has 182 valence electrons. The number of halogens is 1. The van der Waals surface area contributed by atoms with Crippen LogP contribution in [0.2, 0.25) is 0 Å². The molecule has 0 unspecified atom stereocenters. The highest BCUT2D eigenvalue weighted by molar-refractivity contribution is 9.10. The van der Waals surface area contributed by atoms with Gasteiger partial charge in [-0.1, -0.05) is 46.3 Å². The zero-order valence-corrected chi connectivity index (χ0v) is 20.4. The molecule has 1 fully saturated rings. The Morgan fingerprint density at radius 2 is 1.72 bits per heavy atom. The van der Waals surface area contributed by atoms with Crippen LogP contribution in [0.4, 0.5) is 16.2 Å². The van der Waals surface area contributed by atoms with E-state index in [2.05, 4.69) is 21.2 Å². The Morgan fingerprint density at radius 1 is 1.03 bits per heavy atom. The number of ether oxygens (including phenoxy) is 2. The number of methoxy groups -OCH3 is 1. The van der Waals surface area contributed by atoms with Gasteiger partial charge in [0.05, 0.1) is 29.4 Å². The zero-order valence-electron chi connectivity index (χ0n) is 18.8. The smallest absolute Gasteiger partial charge is 0.335 e. The third-order valence-corrected chi connectivity index (χ3v) is 5.76. The Bertz CT molecular complexity index is 1390. The van der Waals surface area contributed by atoms with Gasteiger partial charge in [-0.05, 0) is 42.0 Å². The predicted octanol–water partition coefficient (Wildman–Crippen LogP) is 4.61. The summed E-state index contributed by atoms with van der Waals surface area (Å²) in [5.74, 6) is -1.63. The standard InChI is InChI=1S/C25H18BrN3O7/c1-35-21-12-16(20(29(33)34)13-22(21)36-14-15-5-3-2-4-6-15)11-19-23(30)27-25(32)28(24(19)31)18-9-7-17(26)8-10-18/h2-13H,14H2,1H3,(H,27,30,32)/b19-11-. The predicted molar refractivity (Wildman–Crippen MR) is 134 cm³/mol. The maximum atomic E-state index is 13.1.